The standard InChI is InChI=1S/C20H21F4N2OP/c1-4-7-20(8-9-20)27-28(3)26-18-15(23)11-14(22)17(24)19(18)25-16-6-5-12(2)10-13(16)21/h4-6,10-11,25-26H,1,7-9H2,2-3H3. The quantitative estimate of drug-likeness (QED) is 0.217. The molecule has 1 unspecified atom stereocenters. The molecular weight excluding hydrogens is 391 g/mol. The Morgan fingerprint density at radius 2 is 1.82 bits per heavy atom. The van der Waals surface area contributed by atoms with Gasteiger partial charge in [0.25, 0.3) is 0 Å². The van der Waals surface area contributed by atoms with Gasteiger partial charge in [-0.05, 0) is 50.5 Å². The molecule has 2 N–H and O–H groups in total. The Kier molecular flexibility index (Phi) is 5.96. The van der Waals surface area contributed by atoms with Gasteiger partial charge in [-0.15, -0.1) is 6.58 Å². The molecular formula is C20H21F4N2OP. The molecule has 3 nitrogen and oxygen atoms in total. The molecule has 28 heavy (non-hydrogen) atoms. The van der Waals surface area contributed by atoms with Crippen LogP contribution < -0.4 is 10.4 Å². The molecule has 1 saturated carbocycles. The lowest BCUT2D eigenvalue weighted by Crippen LogP contribution is -2.13. The molecule has 0 heterocycles. The van der Waals surface area contributed by atoms with Crippen molar-refractivity contribution in [1.29, 1.82) is 0 Å². The number of aryl methyl sites for hydroxylation is 1. The van der Waals surface area contributed by atoms with Crippen LogP contribution in [0.2, 0.25) is 0 Å². The van der Waals surface area contributed by atoms with Crippen molar-refractivity contribution in [3.63, 3.8) is 0 Å². The first-order valence-electron chi connectivity index (χ1n) is 8.76. The van der Waals surface area contributed by atoms with Crippen LogP contribution in [0.4, 0.5) is 34.6 Å². The number of rotatable bonds is 8. The van der Waals surface area contributed by atoms with Gasteiger partial charge in [0, 0.05) is 6.07 Å². The van der Waals surface area contributed by atoms with Crippen LogP contribution in [-0.4, -0.2) is 12.3 Å². The third-order valence-corrected chi connectivity index (χ3v) is 5.68. The molecule has 150 valence electrons. The largest absolute Gasteiger partial charge is 0.349 e. The molecule has 0 radical (unpaired) electrons. The van der Waals surface area contributed by atoms with Gasteiger partial charge in [0.05, 0.1) is 11.3 Å². The minimum Gasteiger partial charge on any atom is -0.349 e. The van der Waals surface area contributed by atoms with Gasteiger partial charge < -0.3 is 14.9 Å². The van der Waals surface area contributed by atoms with Gasteiger partial charge in [-0.1, -0.05) is 12.1 Å². The van der Waals surface area contributed by atoms with E-state index in [1.54, 1.807) is 25.7 Å². The van der Waals surface area contributed by atoms with Gasteiger partial charge in [-0.3, -0.25) is 0 Å². The first-order valence-corrected chi connectivity index (χ1v) is 10.5. The van der Waals surface area contributed by atoms with Crippen LogP contribution in [0.25, 0.3) is 0 Å². The van der Waals surface area contributed by atoms with E-state index in [0.717, 1.165) is 12.8 Å². The van der Waals surface area contributed by atoms with Crippen molar-refractivity contribution in [1.82, 2.24) is 0 Å². The molecule has 1 atom stereocenters. The molecule has 1 aliphatic rings. The molecule has 0 spiro atoms. The summed E-state index contributed by atoms with van der Waals surface area (Å²) < 4.78 is 62.8. The fourth-order valence-corrected chi connectivity index (χ4v) is 4.30. The summed E-state index contributed by atoms with van der Waals surface area (Å²) in [4.78, 5) is 0. The molecule has 0 amide bonds. The molecule has 8 heteroatoms. The van der Waals surface area contributed by atoms with Crippen LogP contribution >= 0.6 is 8.30 Å². The Morgan fingerprint density at radius 3 is 2.43 bits per heavy atom. The van der Waals surface area contributed by atoms with Crippen molar-refractivity contribution >= 4 is 25.4 Å². The number of halogens is 4. The Morgan fingerprint density at radius 1 is 1.11 bits per heavy atom. The van der Waals surface area contributed by atoms with E-state index in [1.807, 2.05) is 0 Å². The molecule has 0 aromatic heterocycles. The SMILES string of the molecule is C=CCC1(OP(C)Nc2c(F)cc(F)c(F)c2Nc2ccc(C)cc2F)CC1. The monoisotopic (exact) mass is 412 g/mol. The zero-order chi connectivity index (χ0) is 20.5. The first kappa shape index (κ1) is 20.6. The van der Waals surface area contributed by atoms with Crippen LogP contribution in [0, 0.1) is 30.2 Å². The third-order valence-electron chi connectivity index (χ3n) is 4.48. The lowest BCUT2D eigenvalue weighted by atomic mass is 10.2. The Bertz CT molecular complexity index is 902. The van der Waals surface area contributed by atoms with E-state index >= 15 is 0 Å². The highest BCUT2D eigenvalue weighted by atomic mass is 31.2. The maximum atomic E-state index is 14.5. The van der Waals surface area contributed by atoms with Crippen LogP contribution in [0.3, 0.4) is 0 Å². The Balaban J connectivity index is 1.90. The smallest absolute Gasteiger partial charge is 0.184 e. The topological polar surface area (TPSA) is 33.3 Å². The van der Waals surface area contributed by atoms with E-state index < -0.39 is 37.3 Å². The van der Waals surface area contributed by atoms with Crippen molar-refractivity contribution in [3.8, 4) is 0 Å². The normalized spacial score (nSPS) is 15.8. The number of hydrogen-bond acceptors (Lipinski definition) is 3. The van der Waals surface area contributed by atoms with Crippen molar-refractivity contribution < 1.29 is 22.1 Å². The average molecular weight is 412 g/mol. The van der Waals surface area contributed by atoms with Crippen LogP contribution in [0.5, 0.6) is 0 Å². The molecule has 2 aromatic carbocycles. The number of benzene rings is 2. The molecule has 2 aromatic rings. The number of nitrogens with one attached hydrogen (secondary N) is 2. The van der Waals surface area contributed by atoms with Crippen molar-refractivity contribution in [2.45, 2.75) is 31.8 Å². The van der Waals surface area contributed by atoms with E-state index in [2.05, 4.69) is 17.0 Å². The summed E-state index contributed by atoms with van der Waals surface area (Å²) in [6, 6.07) is 4.68. The molecule has 3 rings (SSSR count). The van der Waals surface area contributed by atoms with Gasteiger partial charge >= 0.3 is 0 Å². The highest BCUT2D eigenvalue weighted by Gasteiger charge is 2.44. The lowest BCUT2D eigenvalue weighted by Gasteiger charge is -2.24. The second-order valence-corrected chi connectivity index (χ2v) is 8.29. The van der Waals surface area contributed by atoms with Crippen molar-refractivity contribution in [3.05, 3.63) is 65.8 Å². The zero-order valence-corrected chi connectivity index (χ0v) is 16.5. The van der Waals surface area contributed by atoms with E-state index in [4.69, 9.17) is 4.52 Å². The second kappa shape index (κ2) is 8.10. The van der Waals surface area contributed by atoms with Crippen molar-refractivity contribution in [2.75, 3.05) is 17.1 Å². The summed E-state index contributed by atoms with van der Waals surface area (Å²) >= 11 is 0. The highest BCUT2D eigenvalue weighted by molar-refractivity contribution is 7.53. The second-order valence-electron chi connectivity index (χ2n) is 6.89. The third kappa shape index (κ3) is 4.47. The highest BCUT2D eigenvalue weighted by Crippen LogP contribution is 2.53. The van der Waals surface area contributed by atoms with Gasteiger partial charge in [0.2, 0.25) is 0 Å². The summed E-state index contributed by atoms with van der Waals surface area (Å²) in [7, 11) is -1.40. The van der Waals surface area contributed by atoms with Gasteiger partial charge in [0.15, 0.2) is 17.5 Å². The van der Waals surface area contributed by atoms with Gasteiger partial charge in [0.1, 0.15) is 25.5 Å². The van der Waals surface area contributed by atoms with Gasteiger partial charge in [-0.2, -0.15) is 0 Å². The van der Waals surface area contributed by atoms with Crippen LogP contribution in [0.15, 0.2) is 36.9 Å². The molecule has 0 saturated heterocycles. The maximum Gasteiger partial charge on any atom is 0.184 e. The average Bonchev–Trinajstić information content (AvgIpc) is 3.37. The Hall–Kier alpha value is -2.11. The molecule has 1 fully saturated rings. The number of hydrogen-bond donors (Lipinski definition) is 2. The van der Waals surface area contributed by atoms with E-state index in [0.29, 0.717) is 18.1 Å². The van der Waals surface area contributed by atoms with E-state index in [1.165, 1.54) is 12.1 Å². The summed E-state index contributed by atoms with van der Waals surface area (Å²) in [6.45, 7) is 7.10. The maximum absolute atomic E-state index is 14.5. The first-order chi connectivity index (χ1) is 13.2. The minimum absolute atomic E-state index is 0.0933. The van der Waals surface area contributed by atoms with Crippen molar-refractivity contribution in [2.24, 2.45) is 0 Å². The van der Waals surface area contributed by atoms with Gasteiger partial charge in [-0.25, -0.2) is 17.6 Å². The predicted octanol–water partition coefficient (Wildman–Crippen LogP) is 6.77. The molecule has 0 aliphatic heterocycles. The lowest BCUT2D eigenvalue weighted by molar-refractivity contribution is 0.209. The van der Waals surface area contributed by atoms with E-state index in [9.17, 15) is 17.6 Å². The number of anilines is 3. The van der Waals surface area contributed by atoms with Crippen LogP contribution in [0.1, 0.15) is 24.8 Å². The fourth-order valence-electron chi connectivity index (χ4n) is 2.88. The fraction of sp³-hybridized carbons (Fsp3) is 0.300. The predicted molar refractivity (Wildman–Crippen MR) is 105 cm³/mol. The Labute approximate surface area is 162 Å². The summed E-state index contributed by atoms with van der Waals surface area (Å²) in [5.74, 6) is -4.34. The molecule has 1 aliphatic carbocycles. The molecule has 0 bridgehead atoms. The summed E-state index contributed by atoms with van der Waals surface area (Å²) in [5, 5.41) is 5.27. The van der Waals surface area contributed by atoms with E-state index in [-0.39, 0.29) is 17.0 Å². The van der Waals surface area contributed by atoms with Crippen LogP contribution in [-0.2, 0) is 4.52 Å². The summed E-state index contributed by atoms with van der Waals surface area (Å²) in [6.07, 6.45) is 4.11. The summed E-state index contributed by atoms with van der Waals surface area (Å²) in [5.41, 5.74) is -0.575. The minimum atomic E-state index is -1.40. The zero-order valence-electron chi connectivity index (χ0n) is 15.6.